The standard InChI is InChI=1S/C15H26N2S/c1-12(2)14(13-7-5-10-18-13)17-9-6-8-16-15(3,4)11-17/h5,7,10,12,14,16H,6,8-9,11H2,1-4H3. The highest BCUT2D eigenvalue weighted by atomic mass is 32.1. The molecule has 1 atom stereocenters. The lowest BCUT2D eigenvalue weighted by Gasteiger charge is -2.37. The lowest BCUT2D eigenvalue weighted by Crippen LogP contribution is -2.47. The fourth-order valence-electron chi connectivity index (χ4n) is 2.98. The van der Waals surface area contributed by atoms with Crippen molar-refractivity contribution in [3.05, 3.63) is 22.4 Å². The zero-order valence-corrected chi connectivity index (χ0v) is 12.9. The summed E-state index contributed by atoms with van der Waals surface area (Å²) in [5.74, 6) is 0.664. The van der Waals surface area contributed by atoms with E-state index in [1.54, 1.807) is 0 Å². The highest BCUT2D eigenvalue weighted by Crippen LogP contribution is 2.33. The van der Waals surface area contributed by atoms with E-state index in [9.17, 15) is 0 Å². The van der Waals surface area contributed by atoms with Gasteiger partial charge in [0, 0.05) is 29.5 Å². The van der Waals surface area contributed by atoms with Gasteiger partial charge in [-0.05, 0) is 44.2 Å². The minimum atomic E-state index is 0.223. The fraction of sp³-hybridized carbons (Fsp3) is 0.733. The molecule has 0 aliphatic carbocycles. The highest BCUT2D eigenvalue weighted by molar-refractivity contribution is 7.10. The Bertz CT molecular complexity index is 357. The van der Waals surface area contributed by atoms with E-state index in [4.69, 9.17) is 0 Å². The number of hydrogen-bond donors (Lipinski definition) is 1. The lowest BCUT2D eigenvalue weighted by molar-refractivity contribution is 0.137. The molecule has 0 spiro atoms. The molecule has 1 aromatic rings. The van der Waals surface area contributed by atoms with Gasteiger partial charge in [-0.25, -0.2) is 0 Å². The van der Waals surface area contributed by atoms with Crippen molar-refractivity contribution >= 4 is 11.3 Å². The summed E-state index contributed by atoms with van der Waals surface area (Å²) in [6, 6.07) is 5.04. The molecule has 1 fully saturated rings. The zero-order chi connectivity index (χ0) is 13.2. The Morgan fingerprint density at radius 3 is 2.78 bits per heavy atom. The van der Waals surface area contributed by atoms with E-state index in [1.807, 2.05) is 11.3 Å². The molecule has 1 saturated heterocycles. The van der Waals surface area contributed by atoms with Gasteiger partial charge < -0.3 is 5.32 Å². The zero-order valence-electron chi connectivity index (χ0n) is 12.1. The van der Waals surface area contributed by atoms with Crippen molar-refractivity contribution in [2.45, 2.75) is 45.7 Å². The second-order valence-corrected chi connectivity index (χ2v) is 7.32. The first-order chi connectivity index (χ1) is 8.49. The molecule has 2 heterocycles. The van der Waals surface area contributed by atoms with Gasteiger partial charge in [-0.2, -0.15) is 0 Å². The van der Waals surface area contributed by atoms with E-state index in [-0.39, 0.29) is 5.54 Å². The van der Waals surface area contributed by atoms with Crippen molar-refractivity contribution in [3.63, 3.8) is 0 Å². The summed E-state index contributed by atoms with van der Waals surface area (Å²) < 4.78 is 0. The molecule has 18 heavy (non-hydrogen) atoms. The summed E-state index contributed by atoms with van der Waals surface area (Å²) >= 11 is 1.90. The summed E-state index contributed by atoms with van der Waals surface area (Å²) in [5.41, 5.74) is 0.223. The molecule has 102 valence electrons. The molecule has 1 aliphatic rings. The molecule has 0 saturated carbocycles. The van der Waals surface area contributed by atoms with Crippen LogP contribution in [0.2, 0.25) is 0 Å². The maximum Gasteiger partial charge on any atom is 0.0465 e. The number of nitrogens with one attached hydrogen (secondary N) is 1. The van der Waals surface area contributed by atoms with Crippen molar-refractivity contribution in [1.82, 2.24) is 10.2 Å². The van der Waals surface area contributed by atoms with E-state index in [2.05, 4.69) is 55.4 Å². The highest BCUT2D eigenvalue weighted by Gasteiger charge is 2.31. The maximum absolute atomic E-state index is 3.65. The first-order valence-electron chi connectivity index (χ1n) is 7.02. The Kier molecular flexibility index (Phi) is 4.46. The topological polar surface area (TPSA) is 15.3 Å². The molecule has 0 amide bonds. The summed E-state index contributed by atoms with van der Waals surface area (Å²) in [6.45, 7) is 12.8. The Labute approximate surface area is 115 Å². The van der Waals surface area contributed by atoms with Crippen LogP contribution in [0.5, 0.6) is 0 Å². The third kappa shape index (κ3) is 3.34. The fourth-order valence-corrected chi connectivity index (χ4v) is 4.01. The Morgan fingerprint density at radius 2 is 2.17 bits per heavy atom. The van der Waals surface area contributed by atoms with Crippen molar-refractivity contribution in [1.29, 1.82) is 0 Å². The van der Waals surface area contributed by atoms with Crippen molar-refractivity contribution in [2.75, 3.05) is 19.6 Å². The van der Waals surface area contributed by atoms with E-state index >= 15 is 0 Å². The molecule has 1 aromatic heterocycles. The first kappa shape index (κ1) is 14.0. The van der Waals surface area contributed by atoms with Crippen molar-refractivity contribution < 1.29 is 0 Å². The molecule has 1 unspecified atom stereocenters. The summed E-state index contributed by atoms with van der Waals surface area (Å²) in [4.78, 5) is 4.19. The lowest BCUT2D eigenvalue weighted by atomic mass is 9.97. The van der Waals surface area contributed by atoms with Crippen molar-refractivity contribution in [2.24, 2.45) is 5.92 Å². The minimum absolute atomic E-state index is 0.223. The molecule has 0 radical (unpaired) electrons. The average molecular weight is 266 g/mol. The van der Waals surface area contributed by atoms with Crippen molar-refractivity contribution in [3.8, 4) is 0 Å². The van der Waals surface area contributed by atoms with Crippen LogP contribution < -0.4 is 5.32 Å². The maximum atomic E-state index is 3.65. The monoisotopic (exact) mass is 266 g/mol. The number of thiophene rings is 1. The van der Waals surface area contributed by atoms with Gasteiger partial charge in [0.1, 0.15) is 0 Å². The summed E-state index contributed by atoms with van der Waals surface area (Å²) in [5, 5.41) is 5.85. The normalized spacial score (nSPS) is 22.9. The molecule has 3 heteroatoms. The van der Waals surface area contributed by atoms with Crippen LogP contribution in [0.15, 0.2) is 17.5 Å². The second kappa shape index (κ2) is 5.72. The van der Waals surface area contributed by atoms with Gasteiger partial charge in [0.25, 0.3) is 0 Å². The summed E-state index contributed by atoms with van der Waals surface area (Å²) in [7, 11) is 0. The molecule has 2 rings (SSSR count). The quantitative estimate of drug-likeness (QED) is 0.900. The van der Waals surface area contributed by atoms with Gasteiger partial charge in [0.15, 0.2) is 0 Å². The SMILES string of the molecule is CC(C)C(c1cccs1)N1CCCNC(C)(C)C1. The summed E-state index contributed by atoms with van der Waals surface area (Å²) in [6.07, 6.45) is 1.25. The predicted molar refractivity (Wildman–Crippen MR) is 80.2 cm³/mol. The Morgan fingerprint density at radius 1 is 1.39 bits per heavy atom. The second-order valence-electron chi connectivity index (χ2n) is 6.34. The van der Waals surface area contributed by atoms with Crippen LogP contribution in [0.3, 0.4) is 0 Å². The predicted octanol–water partition coefficient (Wildman–Crippen LogP) is 3.52. The van der Waals surface area contributed by atoms with Gasteiger partial charge >= 0.3 is 0 Å². The number of hydrogen-bond acceptors (Lipinski definition) is 3. The van der Waals surface area contributed by atoms with Crippen LogP contribution in [0.1, 0.15) is 45.0 Å². The Hall–Kier alpha value is -0.380. The van der Waals surface area contributed by atoms with E-state index in [1.165, 1.54) is 17.8 Å². The minimum Gasteiger partial charge on any atom is -0.310 e. The molecule has 0 bridgehead atoms. The van der Waals surface area contributed by atoms with Gasteiger partial charge in [0.05, 0.1) is 0 Å². The smallest absolute Gasteiger partial charge is 0.0465 e. The van der Waals surface area contributed by atoms with Crippen LogP contribution in [0.25, 0.3) is 0 Å². The van der Waals surface area contributed by atoms with Crippen LogP contribution in [0, 0.1) is 5.92 Å². The number of nitrogens with zero attached hydrogens (tertiary/aromatic N) is 1. The number of rotatable bonds is 3. The van der Waals surface area contributed by atoms with E-state index in [0.29, 0.717) is 12.0 Å². The molecule has 0 aromatic carbocycles. The largest absolute Gasteiger partial charge is 0.310 e. The van der Waals surface area contributed by atoms with Crippen LogP contribution in [0.4, 0.5) is 0 Å². The van der Waals surface area contributed by atoms with E-state index < -0.39 is 0 Å². The van der Waals surface area contributed by atoms with E-state index in [0.717, 1.165) is 13.1 Å². The average Bonchev–Trinajstić information content (AvgIpc) is 2.70. The molecule has 2 nitrogen and oxygen atoms in total. The Balaban J connectivity index is 2.20. The first-order valence-corrected chi connectivity index (χ1v) is 7.90. The molecular formula is C15H26N2S. The molecular weight excluding hydrogens is 240 g/mol. The van der Waals surface area contributed by atoms with Gasteiger partial charge in [0.2, 0.25) is 0 Å². The van der Waals surface area contributed by atoms with Crippen LogP contribution in [-0.4, -0.2) is 30.1 Å². The molecule has 1 aliphatic heterocycles. The molecule has 1 N–H and O–H groups in total. The third-order valence-corrected chi connectivity index (χ3v) is 4.63. The van der Waals surface area contributed by atoms with Gasteiger partial charge in [-0.15, -0.1) is 11.3 Å². The third-order valence-electron chi connectivity index (χ3n) is 3.68. The van der Waals surface area contributed by atoms with Crippen LogP contribution >= 0.6 is 11.3 Å². The van der Waals surface area contributed by atoms with Gasteiger partial charge in [-0.1, -0.05) is 19.9 Å². The van der Waals surface area contributed by atoms with Gasteiger partial charge in [-0.3, -0.25) is 4.90 Å². The van der Waals surface area contributed by atoms with Crippen LogP contribution in [-0.2, 0) is 0 Å².